The SMILES string of the molecule is CCc1ccc(NC2CCOCC2)cc1F. The molecule has 2 rings (SSSR count). The molecule has 0 radical (unpaired) electrons. The van der Waals surface area contributed by atoms with E-state index >= 15 is 0 Å². The van der Waals surface area contributed by atoms with Crippen LogP contribution < -0.4 is 5.32 Å². The van der Waals surface area contributed by atoms with Gasteiger partial charge in [-0.2, -0.15) is 0 Å². The highest BCUT2D eigenvalue weighted by Crippen LogP contribution is 2.18. The van der Waals surface area contributed by atoms with Gasteiger partial charge in [-0.3, -0.25) is 0 Å². The number of aryl methyl sites for hydroxylation is 1. The molecular weight excluding hydrogens is 205 g/mol. The maximum atomic E-state index is 13.5. The predicted molar refractivity (Wildman–Crippen MR) is 63.2 cm³/mol. The van der Waals surface area contributed by atoms with Crippen LogP contribution in [0, 0.1) is 5.82 Å². The Balaban J connectivity index is 2.01. The van der Waals surface area contributed by atoms with E-state index in [2.05, 4.69) is 5.32 Å². The number of hydrogen-bond acceptors (Lipinski definition) is 2. The molecule has 0 saturated carbocycles. The number of ether oxygens (including phenoxy) is 1. The van der Waals surface area contributed by atoms with E-state index in [4.69, 9.17) is 4.74 Å². The average molecular weight is 223 g/mol. The van der Waals surface area contributed by atoms with Crippen molar-refractivity contribution in [3.63, 3.8) is 0 Å². The highest BCUT2D eigenvalue weighted by Gasteiger charge is 2.13. The first-order valence-corrected chi connectivity index (χ1v) is 5.92. The molecule has 3 heteroatoms. The number of nitrogens with one attached hydrogen (secondary N) is 1. The van der Waals surface area contributed by atoms with Crippen molar-refractivity contribution in [3.8, 4) is 0 Å². The number of rotatable bonds is 3. The van der Waals surface area contributed by atoms with Gasteiger partial charge in [0.1, 0.15) is 5.82 Å². The summed E-state index contributed by atoms with van der Waals surface area (Å²) in [5, 5.41) is 3.35. The van der Waals surface area contributed by atoms with E-state index in [9.17, 15) is 4.39 Å². The fourth-order valence-corrected chi connectivity index (χ4v) is 2.00. The van der Waals surface area contributed by atoms with Crippen molar-refractivity contribution < 1.29 is 9.13 Å². The molecule has 2 nitrogen and oxygen atoms in total. The van der Waals surface area contributed by atoms with Crippen LogP contribution in [0.25, 0.3) is 0 Å². The molecule has 1 N–H and O–H groups in total. The second kappa shape index (κ2) is 5.30. The summed E-state index contributed by atoms with van der Waals surface area (Å²) in [5.74, 6) is -0.112. The van der Waals surface area contributed by atoms with Crippen molar-refractivity contribution in [2.45, 2.75) is 32.2 Å². The summed E-state index contributed by atoms with van der Waals surface area (Å²) in [4.78, 5) is 0. The largest absolute Gasteiger partial charge is 0.382 e. The van der Waals surface area contributed by atoms with Gasteiger partial charge in [-0.1, -0.05) is 13.0 Å². The van der Waals surface area contributed by atoms with E-state index in [1.807, 2.05) is 19.1 Å². The molecule has 0 atom stereocenters. The zero-order chi connectivity index (χ0) is 11.4. The van der Waals surface area contributed by atoms with Crippen LogP contribution in [-0.2, 0) is 11.2 Å². The number of hydrogen-bond donors (Lipinski definition) is 1. The zero-order valence-corrected chi connectivity index (χ0v) is 9.63. The smallest absolute Gasteiger partial charge is 0.128 e. The minimum Gasteiger partial charge on any atom is -0.382 e. The van der Waals surface area contributed by atoms with Crippen molar-refractivity contribution >= 4 is 5.69 Å². The Bertz CT molecular complexity index is 348. The Labute approximate surface area is 95.8 Å². The van der Waals surface area contributed by atoms with Crippen molar-refractivity contribution in [1.82, 2.24) is 0 Å². The summed E-state index contributed by atoms with van der Waals surface area (Å²) < 4.78 is 18.8. The minimum atomic E-state index is -0.112. The fourth-order valence-electron chi connectivity index (χ4n) is 2.00. The Hall–Kier alpha value is -1.09. The van der Waals surface area contributed by atoms with Crippen LogP contribution in [0.5, 0.6) is 0 Å². The molecule has 16 heavy (non-hydrogen) atoms. The molecule has 1 heterocycles. The summed E-state index contributed by atoms with van der Waals surface area (Å²) in [6.07, 6.45) is 2.73. The van der Waals surface area contributed by atoms with Crippen molar-refractivity contribution in [2.75, 3.05) is 18.5 Å². The second-order valence-electron chi connectivity index (χ2n) is 4.19. The third-order valence-electron chi connectivity index (χ3n) is 3.03. The normalized spacial score (nSPS) is 17.4. The molecule has 1 aromatic rings. The highest BCUT2D eigenvalue weighted by atomic mass is 19.1. The molecule has 0 unspecified atom stereocenters. The molecule has 1 aliphatic heterocycles. The van der Waals surface area contributed by atoms with Gasteiger partial charge in [-0.05, 0) is 37.0 Å². The van der Waals surface area contributed by atoms with E-state index in [0.717, 1.165) is 43.7 Å². The molecule has 0 bridgehead atoms. The number of anilines is 1. The average Bonchev–Trinajstić information content (AvgIpc) is 2.31. The Morgan fingerprint density at radius 1 is 1.38 bits per heavy atom. The second-order valence-corrected chi connectivity index (χ2v) is 4.19. The Morgan fingerprint density at radius 2 is 2.12 bits per heavy atom. The first kappa shape index (κ1) is 11.4. The molecule has 1 fully saturated rings. The van der Waals surface area contributed by atoms with Crippen LogP contribution in [0.4, 0.5) is 10.1 Å². The van der Waals surface area contributed by atoms with Crippen LogP contribution in [0.1, 0.15) is 25.3 Å². The van der Waals surface area contributed by atoms with Crippen molar-refractivity contribution in [1.29, 1.82) is 0 Å². The molecule has 1 aromatic carbocycles. The van der Waals surface area contributed by atoms with Gasteiger partial charge in [0.2, 0.25) is 0 Å². The Kier molecular flexibility index (Phi) is 3.78. The minimum absolute atomic E-state index is 0.112. The standard InChI is InChI=1S/C13H18FNO/c1-2-10-3-4-12(9-13(10)14)15-11-5-7-16-8-6-11/h3-4,9,11,15H,2,5-8H2,1H3. The molecule has 0 aliphatic carbocycles. The van der Waals surface area contributed by atoms with E-state index in [-0.39, 0.29) is 5.82 Å². The quantitative estimate of drug-likeness (QED) is 0.850. The number of halogens is 1. The lowest BCUT2D eigenvalue weighted by Crippen LogP contribution is -2.27. The lowest BCUT2D eigenvalue weighted by molar-refractivity contribution is 0.0904. The lowest BCUT2D eigenvalue weighted by atomic mass is 10.1. The summed E-state index contributed by atoms with van der Waals surface area (Å²) in [5.41, 5.74) is 1.65. The maximum absolute atomic E-state index is 13.5. The third kappa shape index (κ3) is 2.73. The first-order chi connectivity index (χ1) is 7.79. The zero-order valence-electron chi connectivity index (χ0n) is 9.63. The van der Waals surface area contributed by atoms with E-state index in [0.29, 0.717) is 6.04 Å². The lowest BCUT2D eigenvalue weighted by Gasteiger charge is -2.24. The number of benzene rings is 1. The van der Waals surface area contributed by atoms with E-state index in [1.54, 1.807) is 6.07 Å². The van der Waals surface area contributed by atoms with Gasteiger partial charge >= 0.3 is 0 Å². The molecular formula is C13H18FNO. The van der Waals surface area contributed by atoms with Gasteiger partial charge in [0.15, 0.2) is 0 Å². The van der Waals surface area contributed by atoms with Gasteiger partial charge in [0, 0.05) is 24.9 Å². The molecule has 0 amide bonds. The van der Waals surface area contributed by atoms with Crippen molar-refractivity contribution in [2.24, 2.45) is 0 Å². The van der Waals surface area contributed by atoms with Gasteiger partial charge < -0.3 is 10.1 Å². The summed E-state index contributed by atoms with van der Waals surface area (Å²) >= 11 is 0. The molecule has 0 spiro atoms. The fraction of sp³-hybridized carbons (Fsp3) is 0.538. The van der Waals surface area contributed by atoms with Gasteiger partial charge in [0.25, 0.3) is 0 Å². The Morgan fingerprint density at radius 3 is 2.75 bits per heavy atom. The highest BCUT2D eigenvalue weighted by molar-refractivity contribution is 5.46. The third-order valence-corrected chi connectivity index (χ3v) is 3.03. The van der Waals surface area contributed by atoms with E-state index < -0.39 is 0 Å². The summed E-state index contributed by atoms with van der Waals surface area (Å²) in [7, 11) is 0. The maximum Gasteiger partial charge on any atom is 0.128 e. The predicted octanol–water partition coefficient (Wildman–Crippen LogP) is 2.98. The summed E-state index contributed by atoms with van der Waals surface area (Å²) in [6.45, 7) is 3.56. The topological polar surface area (TPSA) is 21.3 Å². The van der Waals surface area contributed by atoms with Crippen molar-refractivity contribution in [3.05, 3.63) is 29.6 Å². The monoisotopic (exact) mass is 223 g/mol. The molecule has 88 valence electrons. The van der Waals surface area contributed by atoms with Gasteiger partial charge in [-0.25, -0.2) is 4.39 Å². The van der Waals surface area contributed by atoms with E-state index in [1.165, 1.54) is 0 Å². The van der Waals surface area contributed by atoms with Gasteiger partial charge in [-0.15, -0.1) is 0 Å². The molecule has 1 aliphatic rings. The summed E-state index contributed by atoms with van der Waals surface area (Å²) in [6, 6.07) is 5.82. The van der Waals surface area contributed by atoms with Crippen LogP contribution in [0.3, 0.4) is 0 Å². The van der Waals surface area contributed by atoms with Crippen LogP contribution >= 0.6 is 0 Å². The van der Waals surface area contributed by atoms with Crippen LogP contribution in [0.15, 0.2) is 18.2 Å². The first-order valence-electron chi connectivity index (χ1n) is 5.92. The van der Waals surface area contributed by atoms with Gasteiger partial charge in [0.05, 0.1) is 0 Å². The van der Waals surface area contributed by atoms with Crippen LogP contribution in [0.2, 0.25) is 0 Å². The molecule has 0 aromatic heterocycles. The van der Waals surface area contributed by atoms with Crippen LogP contribution in [-0.4, -0.2) is 19.3 Å². The molecule has 1 saturated heterocycles.